The predicted octanol–water partition coefficient (Wildman–Crippen LogP) is 3.16. The lowest BCUT2D eigenvalue weighted by Crippen LogP contribution is -2.17. The summed E-state index contributed by atoms with van der Waals surface area (Å²) in [5.74, 6) is -1.09. The van der Waals surface area contributed by atoms with Gasteiger partial charge in [0.05, 0.1) is 24.7 Å². The molecule has 0 atom stereocenters. The van der Waals surface area contributed by atoms with Crippen LogP contribution in [0.5, 0.6) is 11.5 Å². The fourth-order valence-electron chi connectivity index (χ4n) is 2.25. The van der Waals surface area contributed by atoms with E-state index in [0.717, 1.165) is 0 Å². The highest BCUT2D eigenvalue weighted by Gasteiger charge is 2.24. The van der Waals surface area contributed by atoms with E-state index < -0.39 is 16.0 Å². The van der Waals surface area contributed by atoms with Crippen molar-refractivity contribution < 1.29 is 27.8 Å². The van der Waals surface area contributed by atoms with E-state index in [1.165, 1.54) is 44.6 Å². The molecule has 0 aliphatic heterocycles. The highest BCUT2D eigenvalue weighted by Crippen LogP contribution is 2.35. The second kappa shape index (κ2) is 7.20. The summed E-state index contributed by atoms with van der Waals surface area (Å²) in [6.45, 7) is 1.59. The summed E-state index contributed by atoms with van der Waals surface area (Å²) in [6.07, 6.45) is 0. The van der Waals surface area contributed by atoms with Crippen LogP contribution >= 0.6 is 11.6 Å². The monoisotopic (exact) mass is 385 g/mol. The van der Waals surface area contributed by atoms with Crippen molar-refractivity contribution in [2.45, 2.75) is 11.8 Å². The number of aryl methyl sites for hydroxylation is 1. The fourth-order valence-corrected chi connectivity index (χ4v) is 3.79. The number of methoxy groups -OCH3 is 2. The number of carbonyl (C=O) groups is 1. The number of halogens is 1. The van der Waals surface area contributed by atoms with Crippen LogP contribution in [0.4, 0.5) is 5.69 Å². The van der Waals surface area contributed by atoms with E-state index in [0.29, 0.717) is 10.6 Å². The average molecular weight is 386 g/mol. The number of rotatable bonds is 6. The van der Waals surface area contributed by atoms with Crippen LogP contribution in [0.15, 0.2) is 35.2 Å². The van der Waals surface area contributed by atoms with Gasteiger partial charge in [0, 0.05) is 11.1 Å². The van der Waals surface area contributed by atoms with Crippen LogP contribution in [0.1, 0.15) is 15.9 Å². The molecular weight excluding hydrogens is 370 g/mol. The topological polar surface area (TPSA) is 102 Å². The van der Waals surface area contributed by atoms with Crippen molar-refractivity contribution in [2.24, 2.45) is 0 Å². The Morgan fingerprint density at radius 2 is 1.84 bits per heavy atom. The number of ether oxygens (including phenoxy) is 2. The zero-order valence-electron chi connectivity index (χ0n) is 13.7. The Bertz CT molecular complexity index is 926. The molecule has 0 bridgehead atoms. The maximum Gasteiger partial charge on any atom is 0.338 e. The van der Waals surface area contributed by atoms with Crippen LogP contribution < -0.4 is 14.2 Å². The number of aromatic carboxylic acids is 1. The summed E-state index contributed by atoms with van der Waals surface area (Å²) >= 11 is 5.85. The van der Waals surface area contributed by atoms with Gasteiger partial charge >= 0.3 is 5.97 Å². The molecule has 0 aliphatic carbocycles. The Balaban J connectivity index is 2.60. The van der Waals surface area contributed by atoms with Gasteiger partial charge in [-0.1, -0.05) is 11.6 Å². The van der Waals surface area contributed by atoms with Crippen molar-refractivity contribution in [1.29, 1.82) is 0 Å². The lowest BCUT2D eigenvalue weighted by molar-refractivity contribution is 0.0697. The number of carboxylic acid groups (broad SMARTS) is 1. The van der Waals surface area contributed by atoms with Gasteiger partial charge in [-0.15, -0.1) is 0 Å². The number of anilines is 1. The number of nitrogens with one attached hydrogen (secondary N) is 1. The summed E-state index contributed by atoms with van der Waals surface area (Å²) < 4.78 is 37.8. The third-order valence-electron chi connectivity index (χ3n) is 3.42. The van der Waals surface area contributed by atoms with Gasteiger partial charge in [-0.2, -0.15) is 0 Å². The van der Waals surface area contributed by atoms with E-state index in [9.17, 15) is 18.3 Å². The summed E-state index contributed by atoms with van der Waals surface area (Å²) in [5.41, 5.74) is -0.0686. The van der Waals surface area contributed by atoms with Crippen LogP contribution in [-0.4, -0.2) is 33.7 Å². The molecule has 0 heterocycles. The molecule has 0 aliphatic rings. The second-order valence-corrected chi connectivity index (χ2v) is 7.16. The van der Waals surface area contributed by atoms with Gasteiger partial charge in [0.2, 0.25) is 0 Å². The normalized spacial score (nSPS) is 11.0. The summed E-state index contributed by atoms with van der Waals surface area (Å²) in [4.78, 5) is 11.5. The van der Waals surface area contributed by atoms with Crippen molar-refractivity contribution in [1.82, 2.24) is 0 Å². The Morgan fingerprint density at radius 3 is 2.36 bits per heavy atom. The first-order valence-electron chi connectivity index (χ1n) is 6.98. The number of carboxylic acids is 1. The van der Waals surface area contributed by atoms with Gasteiger partial charge in [0.1, 0.15) is 17.2 Å². The van der Waals surface area contributed by atoms with Gasteiger partial charge in [-0.25, -0.2) is 13.2 Å². The Hall–Kier alpha value is -2.45. The van der Waals surface area contributed by atoms with Gasteiger partial charge in [0.25, 0.3) is 10.0 Å². The molecular formula is C16H16ClNO6S. The molecule has 2 aromatic rings. The summed E-state index contributed by atoms with van der Waals surface area (Å²) in [6, 6.07) is 6.87. The molecule has 2 aromatic carbocycles. The van der Waals surface area contributed by atoms with Crippen molar-refractivity contribution in [2.75, 3.05) is 18.9 Å². The summed E-state index contributed by atoms with van der Waals surface area (Å²) in [7, 11) is -1.40. The van der Waals surface area contributed by atoms with Crippen molar-refractivity contribution in [3.05, 3.63) is 46.5 Å². The van der Waals surface area contributed by atoms with E-state index in [2.05, 4.69) is 4.72 Å². The number of hydrogen-bond donors (Lipinski definition) is 2. The molecule has 134 valence electrons. The SMILES string of the molecule is COc1cc(OC)c(NS(=O)(=O)c2ccc(Cl)cc2C)c(C(=O)O)c1. The zero-order valence-corrected chi connectivity index (χ0v) is 15.2. The molecule has 0 saturated carbocycles. The van der Waals surface area contributed by atoms with E-state index >= 15 is 0 Å². The first-order valence-corrected chi connectivity index (χ1v) is 8.84. The minimum Gasteiger partial charge on any atom is -0.497 e. The smallest absolute Gasteiger partial charge is 0.338 e. The predicted molar refractivity (Wildman–Crippen MR) is 93.5 cm³/mol. The van der Waals surface area contributed by atoms with Gasteiger partial charge in [0.15, 0.2) is 0 Å². The quantitative estimate of drug-likeness (QED) is 0.791. The highest BCUT2D eigenvalue weighted by atomic mass is 35.5. The maximum absolute atomic E-state index is 12.7. The van der Waals surface area contributed by atoms with Crippen LogP contribution in [-0.2, 0) is 10.0 Å². The van der Waals surface area contributed by atoms with Gasteiger partial charge < -0.3 is 14.6 Å². The van der Waals surface area contributed by atoms with Crippen molar-refractivity contribution >= 4 is 33.3 Å². The van der Waals surface area contributed by atoms with Crippen molar-refractivity contribution in [3.8, 4) is 11.5 Å². The Kier molecular flexibility index (Phi) is 5.44. The van der Waals surface area contributed by atoms with Gasteiger partial charge in [-0.05, 0) is 36.8 Å². The molecule has 0 spiro atoms. The number of benzene rings is 2. The molecule has 2 N–H and O–H groups in total. The molecule has 2 rings (SSSR count). The number of hydrogen-bond acceptors (Lipinski definition) is 5. The second-order valence-electron chi connectivity index (χ2n) is 5.07. The van der Waals surface area contributed by atoms with E-state index in [1.807, 2.05) is 0 Å². The first kappa shape index (κ1) is 18.9. The van der Waals surface area contributed by atoms with Crippen LogP contribution in [0.25, 0.3) is 0 Å². The molecule has 0 radical (unpaired) electrons. The molecule has 0 saturated heterocycles. The minimum absolute atomic E-state index is 0.0203. The molecule has 0 unspecified atom stereocenters. The Morgan fingerprint density at radius 1 is 1.16 bits per heavy atom. The van der Waals surface area contributed by atoms with E-state index in [4.69, 9.17) is 21.1 Å². The average Bonchev–Trinajstić information content (AvgIpc) is 2.53. The maximum atomic E-state index is 12.7. The first-order chi connectivity index (χ1) is 11.7. The van der Waals surface area contributed by atoms with Crippen LogP contribution in [0, 0.1) is 6.92 Å². The third kappa shape index (κ3) is 3.97. The third-order valence-corrected chi connectivity index (χ3v) is 5.17. The molecule has 9 heteroatoms. The van der Waals surface area contributed by atoms with E-state index in [-0.39, 0.29) is 27.6 Å². The van der Waals surface area contributed by atoms with E-state index in [1.54, 1.807) is 6.92 Å². The minimum atomic E-state index is -4.06. The number of sulfonamides is 1. The van der Waals surface area contributed by atoms with Crippen LogP contribution in [0.2, 0.25) is 5.02 Å². The highest BCUT2D eigenvalue weighted by molar-refractivity contribution is 7.92. The fraction of sp³-hybridized carbons (Fsp3) is 0.188. The van der Waals surface area contributed by atoms with Crippen molar-refractivity contribution in [3.63, 3.8) is 0 Å². The molecule has 0 amide bonds. The summed E-state index contributed by atoms with van der Waals surface area (Å²) in [5, 5.41) is 9.79. The van der Waals surface area contributed by atoms with Gasteiger partial charge in [-0.3, -0.25) is 4.72 Å². The Labute approximate surface area is 150 Å². The lowest BCUT2D eigenvalue weighted by Gasteiger charge is -2.16. The zero-order chi connectivity index (χ0) is 18.8. The molecule has 7 nitrogen and oxygen atoms in total. The largest absolute Gasteiger partial charge is 0.497 e. The molecule has 0 fully saturated rings. The standard InChI is InChI=1S/C16H16ClNO6S/c1-9-6-10(17)4-5-14(9)25(21,22)18-15-12(16(19)20)7-11(23-2)8-13(15)24-3/h4-8,18H,1-3H3,(H,19,20). The lowest BCUT2D eigenvalue weighted by atomic mass is 10.1. The van der Waals surface area contributed by atoms with Crippen LogP contribution in [0.3, 0.4) is 0 Å². The molecule has 25 heavy (non-hydrogen) atoms. The molecule has 0 aromatic heterocycles.